The molecule has 0 aliphatic carbocycles. The standard InChI is InChI=1S/C23H27FN2O3/c1-3-18(4-2)25-23(28)21-15-26(19-10-5-6-11-20(19)29-21)22(27)13-12-16-8-7-9-17(24)14-16/h5-11,14,18,21H,3-4,12-13,15H2,1-2H3,(H,25,28). The molecule has 0 saturated carbocycles. The van der Waals surface area contributed by atoms with E-state index in [9.17, 15) is 14.0 Å². The average Bonchev–Trinajstić information content (AvgIpc) is 2.74. The van der Waals surface area contributed by atoms with Crippen molar-refractivity contribution >= 4 is 17.5 Å². The minimum absolute atomic E-state index is 0.0837. The van der Waals surface area contributed by atoms with Crippen LogP contribution in [0, 0.1) is 5.82 Å². The van der Waals surface area contributed by atoms with Gasteiger partial charge in [-0.2, -0.15) is 0 Å². The first-order chi connectivity index (χ1) is 14.0. The average molecular weight is 398 g/mol. The smallest absolute Gasteiger partial charge is 0.263 e. The summed E-state index contributed by atoms with van der Waals surface area (Å²) in [5.74, 6) is -0.131. The van der Waals surface area contributed by atoms with Gasteiger partial charge in [0.1, 0.15) is 11.6 Å². The highest BCUT2D eigenvalue weighted by Crippen LogP contribution is 2.33. The van der Waals surface area contributed by atoms with E-state index in [0.29, 0.717) is 17.9 Å². The number of halogens is 1. The number of fused-ring (bicyclic) bond motifs is 1. The van der Waals surface area contributed by atoms with Crippen LogP contribution in [0.3, 0.4) is 0 Å². The maximum atomic E-state index is 13.4. The number of rotatable bonds is 7. The third-order valence-electron chi connectivity index (χ3n) is 5.22. The zero-order valence-corrected chi connectivity index (χ0v) is 16.9. The van der Waals surface area contributed by atoms with Gasteiger partial charge in [-0.15, -0.1) is 0 Å². The van der Waals surface area contributed by atoms with E-state index < -0.39 is 6.10 Å². The van der Waals surface area contributed by atoms with Gasteiger partial charge >= 0.3 is 0 Å². The van der Waals surface area contributed by atoms with Gasteiger partial charge in [0, 0.05) is 12.5 Å². The molecule has 0 saturated heterocycles. The van der Waals surface area contributed by atoms with E-state index in [-0.39, 0.29) is 36.6 Å². The van der Waals surface area contributed by atoms with Crippen molar-refractivity contribution in [3.05, 3.63) is 59.9 Å². The number of anilines is 1. The Labute approximate surface area is 170 Å². The van der Waals surface area contributed by atoms with Crippen molar-refractivity contribution in [1.82, 2.24) is 5.32 Å². The number of nitrogens with zero attached hydrogens (tertiary/aromatic N) is 1. The second-order valence-corrected chi connectivity index (χ2v) is 7.23. The van der Waals surface area contributed by atoms with Gasteiger partial charge in [0.2, 0.25) is 5.91 Å². The quantitative estimate of drug-likeness (QED) is 0.771. The van der Waals surface area contributed by atoms with Crippen LogP contribution in [0.25, 0.3) is 0 Å². The molecule has 2 aromatic carbocycles. The summed E-state index contributed by atoms with van der Waals surface area (Å²) in [6, 6.07) is 13.6. The van der Waals surface area contributed by atoms with Crippen LogP contribution in [0.15, 0.2) is 48.5 Å². The summed E-state index contributed by atoms with van der Waals surface area (Å²) in [5.41, 5.74) is 1.42. The number of aryl methyl sites for hydroxylation is 1. The van der Waals surface area contributed by atoms with E-state index in [1.807, 2.05) is 32.0 Å². The number of hydrogen-bond donors (Lipinski definition) is 1. The van der Waals surface area contributed by atoms with E-state index >= 15 is 0 Å². The predicted octanol–water partition coefficient (Wildman–Crippen LogP) is 3.86. The fourth-order valence-electron chi connectivity index (χ4n) is 3.47. The lowest BCUT2D eigenvalue weighted by Crippen LogP contribution is -2.52. The zero-order chi connectivity index (χ0) is 20.8. The SMILES string of the molecule is CCC(CC)NC(=O)C1CN(C(=O)CCc2cccc(F)c2)c2ccccc2O1. The number of carbonyl (C=O) groups is 2. The van der Waals surface area contributed by atoms with Crippen molar-refractivity contribution in [2.75, 3.05) is 11.4 Å². The molecule has 1 unspecified atom stereocenters. The van der Waals surface area contributed by atoms with Crippen molar-refractivity contribution in [2.45, 2.75) is 51.7 Å². The number of benzene rings is 2. The fraction of sp³-hybridized carbons (Fsp3) is 0.391. The van der Waals surface area contributed by atoms with Gasteiger partial charge in [-0.3, -0.25) is 9.59 Å². The van der Waals surface area contributed by atoms with Crippen LogP contribution >= 0.6 is 0 Å². The molecule has 0 fully saturated rings. The van der Waals surface area contributed by atoms with Crippen LogP contribution in [0.5, 0.6) is 5.75 Å². The maximum Gasteiger partial charge on any atom is 0.263 e. The second kappa shape index (κ2) is 9.54. The monoisotopic (exact) mass is 398 g/mol. The summed E-state index contributed by atoms with van der Waals surface area (Å²) in [7, 11) is 0. The van der Waals surface area contributed by atoms with Crippen molar-refractivity contribution in [2.24, 2.45) is 0 Å². The van der Waals surface area contributed by atoms with Crippen LogP contribution in [-0.2, 0) is 16.0 Å². The molecule has 154 valence electrons. The van der Waals surface area contributed by atoms with Crippen LogP contribution < -0.4 is 15.0 Å². The third-order valence-corrected chi connectivity index (χ3v) is 5.22. The van der Waals surface area contributed by atoms with Crippen LogP contribution in [0.4, 0.5) is 10.1 Å². The van der Waals surface area contributed by atoms with Gasteiger partial charge in [-0.1, -0.05) is 38.1 Å². The molecule has 0 spiro atoms. The number of amides is 2. The molecular weight excluding hydrogens is 371 g/mol. The first-order valence-corrected chi connectivity index (χ1v) is 10.1. The Morgan fingerprint density at radius 2 is 1.93 bits per heavy atom. The van der Waals surface area contributed by atoms with Crippen molar-refractivity contribution in [1.29, 1.82) is 0 Å². The highest BCUT2D eigenvalue weighted by atomic mass is 19.1. The van der Waals surface area contributed by atoms with Crippen LogP contribution in [0.2, 0.25) is 0 Å². The Balaban J connectivity index is 1.73. The molecule has 0 aromatic heterocycles. The molecular formula is C23H27FN2O3. The Kier molecular flexibility index (Phi) is 6.86. The second-order valence-electron chi connectivity index (χ2n) is 7.23. The molecule has 2 aromatic rings. The number of hydrogen-bond acceptors (Lipinski definition) is 3. The third kappa shape index (κ3) is 5.13. The predicted molar refractivity (Wildman–Crippen MR) is 110 cm³/mol. The lowest BCUT2D eigenvalue weighted by Gasteiger charge is -2.34. The Bertz CT molecular complexity index is 867. The van der Waals surface area contributed by atoms with Gasteiger partial charge in [0.25, 0.3) is 5.91 Å². The van der Waals surface area contributed by atoms with Crippen LogP contribution in [-0.4, -0.2) is 30.5 Å². The molecule has 29 heavy (non-hydrogen) atoms. The number of para-hydroxylation sites is 2. The molecule has 1 aliphatic rings. The topological polar surface area (TPSA) is 58.6 Å². The zero-order valence-electron chi connectivity index (χ0n) is 16.9. The maximum absolute atomic E-state index is 13.4. The minimum Gasteiger partial charge on any atom is -0.477 e. The lowest BCUT2D eigenvalue weighted by atomic mass is 10.1. The van der Waals surface area contributed by atoms with Crippen molar-refractivity contribution < 1.29 is 18.7 Å². The summed E-state index contributed by atoms with van der Waals surface area (Å²) < 4.78 is 19.3. The largest absolute Gasteiger partial charge is 0.477 e. The lowest BCUT2D eigenvalue weighted by molar-refractivity contribution is -0.129. The summed E-state index contributed by atoms with van der Waals surface area (Å²) in [5, 5.41) is 3.00. The first kappa shape index (κ1) is 20.8. The van der Waals surface area contributed by atoms with E-state index in [1.165, 1.54) is 12.1 Å². The van der Waals surface area contributed by atoms with Crippen LogP contribution in [0.1, 0.15) is 38.7 Å². The van der Waals surface area contributed by atoms with Gasteiger partial charge in [0.05, 0.1) is 12.2 Å². The molecule has 0 bridgehead atoms. The number of carbonyl (C=O) groups excluding carboxylic acids is 2. The van der Waals surface area contributed by atoms with Crippen molar-refractivity contribution in [3.8, 4) is 5.75 Å². The molecule has 0 radical (unpaired) electrons. The molecule has 1 aliphatic heterocycles. The fourth-order valence-corrected chi connectivity index (χ4v) is 3.47. The summed E-state index contributed by atoms with van der Waals surface area (Å²) in [4.78, 5) is 27.3. The summed E-state index contributed by atoms with van der Waals surface area (Å²) >= 11 is 0. The minimum atomic E-state index is -0.761. The Morgan fingerprint density at radius 3 is 2.66 bits per heavy atom. The van der Waals surface area contributed by atoms with Gasteiger partial charge in [-0.05, 0) is 49.1 Å². The Morgan fingerprint density at radius 1 is 1.17 bits per heavy atom. The molecule has 1 heterocycles. The molecule has 1 atom stereocenters. The number of nitrogens with one attached hydrogen (secondary N) is 1. The van der Waals surface area contributed by atoms with Gasteiger partial charge in [0.15, 0.2) is 6.10 Å². The van der Waals surface area contributed by atoms with Gasteiger partial charge < -0.3 is 15.0 Å². The molecule has 3 rings (SSSR count). The van der Waals surface area contributed by atoms with Crippen molar-refractivity contribution in [3.63, 3.8) is 0 Å². The normalized spacial score (nSPS) is 15.6. The summed E-state index contributed by atoms with van der Waals surface area (Å²) in [6.07, 6.45) is 1.56. The van der Waals surface area contributed by atoms with E-state index in [1.54, 1.807) is 23.1 Å². The first-order valence-electron chi connectivity index (χ1n) is 10.1. The number of ether oxygens (including phenoxy) is 1. The molecule has 5 nitrogen and oxygen atoms in total. The van der Waals surface area contributed by atoms with Gasteiger partial charge in [-0.25, -0.2) is 4.39 Å². The molecule has 6 heteroatoms. The molecule has 1 N–H and O–H groups in total. The van der Waals surface area contributed by atoms with E-state index in [4.69, 9.17) is 4.74 Å². The van der Waals surface area contributed by atoms with E-state index in [0.717, 1.165) is 18.4 Å². The van der Waals surface area contributed by atoms with E-state index in [2.05, 4.69) is 5.32 Å². The highest BCUT2D eigenvalue weighted by Gasteiger charge is 2.34. The molecule has 2 amide bonds. The summed E-state index contributed by atoms with van der Waals surface area (Å²) in [6.45, 7) is 4.20. The Hall–Kier alpha value is -2.89. The highest BCUT2D eigenvalue weighted by molar-refractivity contribution is 5.97.